The first-order chi connectivity index (χ1) is 9.73. The molecule has 0 saturated heterocycles. The highest BCUT2D eigenvalue weighted by Gasteiger charge is 2.54. The number of halogens is 1. The quantitative estimate of drug-likeness (QED) is 0.753. The van der Waals surface area contributed by atoms with E-state index in [1.165, 1.54) is 6.33 Å². The van der Waals surface area contributed by atoms with Crippen LogP contribution in [0.3, 0.4) is 0 Å². The van der Waals surface area contributed by atoms with E-state index in [4.69, 9.17) is 16.9 Å². The summed E-state index contributed by atoms with van der Waals surface area (Å²) >= 11 is 6.25. The number of fused-ring (bicyclic) bond motifs is 2. The largest absolute Gasteiger partial charge is 0.310 e. The van der Waals surface area contributed by atoms with Crippen LogP contribution in [0.1, 0.15) is 24.0 Å². The molecular formula is C14H10ClN5. The molecule has 1 spiro atoms. The van der Waals surface area contributed by atoms with E-state index in [2.05, 4.69) is 21.0 Å². The second-order valence-corrected chi connectivity index (χ2v) is 5.60. The molecule has 98 valence electrons. The van der Waals surface area contributed by atoms with Gasteiger partial charge in [0.25, 0.3) is 0 Å². The van der Waals surface area contributed by atoms with Gasteiger partial charge >= 0.3 is 0 Å². The van der Waals surface area contributed by atoms with E-state index < -0.39 is 0 Å². The first kappa shape index (κ1) is 11.6. The van der Waals surface area contributed by atoms with Gasteiger partial charge in [0.15, 0.2) is 0 Å². The summed E-state index contributed by atoms with van der Waals surface area (Å²) < 4.78 is 0. The van der Waals surface area contributed by atoms with Gasteiger partial charge in [-0.2, -0.15) is 5.26 Å². The minimum atomic E-state index is 0.0814. The van der Waals surface area contributed by atoms with Gasteiger partial charge in [-0.05, 0) is 25.0 Å². The van der Waals surface area contributed by atoms with Gasteiger partial charge in [0.05, 0.1) is 11.6 Å². The number of hydrogen-bond acceptors (Lipinski definition) is 5. The fourth-order valence-corrected chi connectivity index (χ4v) is 3.19. The van der Waals surface area contributed by atoms with Crippen LogP contribution in [0, 0.1) is 11.3 Å². The van der Waals surface area contributed by atoms with Crippen molar-refractivity contribution in [3.8, 4) is 6.07 Å². The van der Waals surface area contributed by atoms with E-state index in [-0.39, 0.29) is 5.41 Å². The molecule has 2 aromatic heterocycles. The zero-order valence-corrected chi connectivity index (χ0v) is 11.3. The number of rotatable bonds is 1. The molecule has 0 radical (unpaired) electrons. The van der Waals surface area contributed by atoms with Crippen LogP contribution in [0.5, 0.6) is 0 Å². The molecule has 0 N–H and O–H groups in total. The summed E-state index contributed by atoms with van der Waals surface area (Å²) in [7, 11) is 0. The lowest BCUT2D eigenvalue weighted by molar-refractivity contribution is 0.738. The van der Waals surface area contributed by atoms with Gasteiger partial charge in [0, 0.05) is 23.7 Å². The molecule has 0 aromatic carbocycles. The summed E-state index contributed by atoms with van der Waals surface area (Å²) in [6, 6.07) is 5.61. The van der Waals surface area contributed by atoms with Crippen molar-refractivity contribution in [1.82, 2.24) is 15.0 Å². The number of nitriles is 1. The first-order valence-corrected chi connectivity index (χ1v) is 6.76. The molecule has 4 rings (SSSR count). The minimum absolute atomic E-state index is 0.0814. The van der Waals surface area contributed by atoms with Gasteiger partial charge in [0.1, 0.15) is 23.1 Å². The van der Waals surface area contributed by atoms with Crippen LogP contribution in [0.2, 0.25) is 5.15 Å². The lowest BCUT2D eigenvalue weighted by Gasteiger charge is -2.17. The van der Waals surface area contributed by atoms with Crippen LogP contribution in [0.15, 0.2) is 24.7 Å². The Morgan fingerprint density at radius 1 is 1.30 bits per heavy atom. The SMILES string of the molecule is N#Cc1ccnc(N2CC3(CC3)c3c(Cl)ncnc32)c1. The Kier molecular flexibility index (Phi) is 2.27. The van der Waals surface area contributed by atoms with Gasteiger partial charge in [-0.15, -0.1) is 0 Å². The highest BCUT2D eigenvalue weighted by Crippen LogP contribution is 2.58. The van der Waals surface area contributed by atoms with E-state index >= 15 is 0 Å². The molecule has 0 amide bonds. The van der Waals surface area contributed by atoms with E-state index in [0.717, 1.165) is 36.6 Å². The number of pyridine rings is 1. The molecule has 1 aliphatic carbocycles. The van der Waals surface area contributed by atoms with E-state index in [9.17, 15) is 0 Å². The first-order valence-electron chi connectivity index (χ1n) is 6.38. The van der Waals surface area contributed by atoms with E-state index in [0.29, 0.717) is 10.7 Å². The second kappa shape index (κ2) is 3.90. The summed E-state index contributed by atoms with van der Waals surface area (Å²) in [5.74, 6) is 1.56. The number of nitrogens with zero attached hydrogens (tertiary/aromatic N) is 5. The summed E-state index contributed by atoms with van der Waals surface area (Å²) in [6.07, 6.45) is 5.32. The highest BCUT2D eigenvalue weighted by molar-refractivity contribution is 6.30. The maximum atomic E-state index is 9.02. The maximum absolute atomic E-state index is 9.02. The normalized spacial score (nSPS) is 17.9. The molecule has 0 atom stereocenters. The molecule has 2 aromatic rings. The van der Waals surface area contributed by atoms with Crippen molar-refractivity contribution in [2.24, 2.45) is 0 Å². The highest BCUT2D eigenvalue weighted by atomic mass is 35.5. The molecule has 0 unspecified atom stereocenters. The molecule has 1 saturated carbocycles. The third-order valence-electron chi connectivity index (χ3n) is 4.03. The van der Waals surface area contributed by atoms with Crippen molar-refractivity contribution in [2.45, 2.75) is 18.3 Å². The molecule has 0 bridgehead atoms. The van der Waals surface area contributed by atoms with Gasteiger partial charge in [-0.1, -0.05) is 11.6 Å². The van der Waals surface area contributed by atoms with Gasteiger partial charge in [-0.25, -0.2) is 15.0 Å². The van der Waals surface area contributed by atoms with Crippen molar-refractivity contribution in [2.75, 3.05) is 11.4 Å². The van der Waals surface area contributed by atoms with Crippen molar-refractivity contribution in [1.29, 1.82) is 5.26 Å². The molecule has 6 heteroatoms. The zero-order chi connectivity index (χ0) is 13.7. The Labute approximate surface area is 120 Å². The Bertz CT molecular complexity index is 747. The molecular weight excluding hydrogens is 274 g/mol. The Balaban J connectivity index is 1.86. The minimum Gasteiger partial charge on any atom is -0.310 e. The monoisotopic (exact) mass is 283 g/mol. The molecule has 5 nitrogen and oxygen atoms in total. The predicted molar refractivity (Wildman–Crippen MR) is 73.9 cm³/mol. The van der Waals surface area contributed by atoms with Crippen LogP contribution in [-0.4, -0.2) is 21.5 Å². The molecule has 2 aliphatic rings. The van der Waals surface area contributed by atoms with Crippen molar-refractivity contribution in [3.63, 3.8) is 0 Å². The summed E-state index contributed by atoms with van der Waals surface area (Å²) in [5, 5.41) is 9.55. The fourth-order valence-electron chi connectivity index (χ4n) is 2.86. The van der Waals surface area contributed by atoms with Crippen LogP contribution in [-0.2, 0) is 5.41 Å². The fraction of sp³-hybridized carbons (Fsp3) is 0.286. The average Bonchev–Trinajstić information content (AvgIpc) is 3.16. The third-order valence-corrected chi connectivity index (χ3v) is 4.32. The summed E-state index contributed by atoms with van der Waals surface area (Å²) in [5.41, 5.74) is 1.71. The summed E-state index contributed by atoms with van der Waals surface area (Å²) in [6.45, 7) is 0.808. The Hall–Kier alpha value is -2.19. The van der Waals surface area contributed by atoms with Crippen molar-refractivity contribution < 1.29 is 0 Å². The zero-order valence-electron chi connectivity index (χ0n) is 10.5. The van der Waals surface area contributed by atoms with Crippen molar-refractivity contribution in [3.05, 3.63) is 40.9 Å². The van der Waals surface area contributed by atoms with Crippen LogP contribution in [0.25, 0.3) is 0 Å². The van der Waals surface area contributed by atoms with Gasteiger partial charge in [-0.3, -0.25) is 0 Å². The molecule has 20 heavy (non-hydrogen) atoms. The average molecular weight is 284 g/mol. The topological polar surface area (TPSA) is 65.7 Å². The number of aromatic nitrogens is 3. The third kappa shape index (κ3) is 1.52. The molecule has 1 fully saturated rings. The smallest absolute Gasteiger partial charge is 0.142 e. The number of hydrogen-bond donors (Lipinski definition) is 0. The second-order valence-electron chi connectivity index (χ2n) is 5.24. The predicted octanol–water partition coefficient (Wildman–Crippen LogP) is 2.58. The molecule has 3 heterocycles. The Morgan fingerprint density at radius 2 is 2.15 bits per heavy atom. The van der Waals surface area contributed by atoms with E-state index in [1.807, 2.05) is 4.90 Å². The number of anilines is 2. The van der Waals surface area contributed by atoms with Crippen LogP contribution < -0.4 is 4.90 Å². The van der Waals surface area contributed by atoms with Crippen LogP contribution >= 0.6 is 11.6 Å². The lowest BCUT2D eigenvalue weighted by Crippen LogP contribution is -2.20. The van der Waals surface area contributed by atoms with Gasteiger partial charge in [0.2, 0.25) is 0 Å². The van der Waals surface area contributed by atoms with Crippen molar-refractivity contribution >= 4 is 23.2 Å². The van der Waals surface area contributed by atoms with E-state index in [1.54, 1.807) is 18.3 Å². The molecule has 1 aliphatic heterocycles. The Morgan fingerprint density at radius 3 is 2.90 bits per heavy atom. The maximum Gasteiger partial charge on any atom is 0.142 e. The van der Waals surface area contributed by atoms with Crippen LogP contribution in [0.4, 0.5) is 11.6 Å². The standard InChI is InChI=1S/C14H10ClN5/c15-12-11-13(19-8-18-12)20(7-14(11)2-3-14)10-5-9(6-16)1-4-17-10/h1,4-5,8H,2-3,7H2. The lowest BCUT2D eigenvalue weighted by atomic mass is 10.0. The summed E-state index contributed by atoms with van der Waals surface area (Å²) in [4.78, 5) is 14.9. The van der Waals surface area contributed by atoms with Gasteiger partial charge < -0.3 is 4.90 Å².